The number of hydrogen-bond donors (Lipinski definition) is 0. The Morgan fingerprint density at radius 2 is 1.65 bits per heavy atom. The van der Waals surface area contributed by atoms with Gasteiger partial charge in [0, 0.05) is 18.9 Å². The fourth-order valence-corrected chi connectivity index (χ4v) is 2.77. The minimum absolute atomic E-state index is 0.0353. The molecule has 0 aliphatic rings. The van der Waals surface area contributed by atoms with E-state index in [1.807, 2.05) is 0 Å². The Hall–Kier alpha value is -1.58. The molecule has 1 unspecified atom stereocenters. The fourth-order valence-electron chi connectivity index (χ4n) is 2.77. The first-order chi connectivity index (χ1) is 12.6. The van der Waals surface area contributed by atoms with Crippen molar-refractivity contribution in [3.63, 3.8) is 0 Å². The number of hydrogen-bond acceptors (Lipinski definition) is 4. The molecule has 0 aliphatic carbocycles. The number of rotatable bonds is 17. The molecule has 0 fully saturated rings. The SMILES string of the molecule is C=CC(=O)OC(C/C=C\CCCCCCCC(=O)OC)CCCCCC. The molecule has 0 saturated carbocycles. The van der Waals surface area contributed by atoms with Crippen LogP contribution in [0.3, 0.4) is 0 Å². The van der Waals surface area contributed by atoms with Crippen LogP contribution in [0.1, 0.15) is 90.4 Å². The lowest BCUT2D eigenvalue weighted by molar-refractivity contribution is -0.143. The van der Waals surface area contributed by atoms with E-state index in [9.17, 15) is 9.59 Å². The minimum atomic E-state index is -0.328. The zero-order valence-corrected chi connectivity index (χ0v) is 16.8. The zero-order valence-electron chi connectivity index (χ0n) is 16.8. The lowest BCUT2D eigenvalue weighted by Crippen LogP contribution is -2.16. The van der Waals surface area contributed by atoms with Crippen molar-refractivity contribution in [3.05, 3.63) is 24.8 Å². The molecule has 0 saturated heterocycles. The van der Waals surface area contributed by atoms with Crippen LogP contribution in [-0.4, -0.2) is 25.2 Å². The number of unbranched alkanes of at least 4 members (excludes halogenated alkanes) is 8. The average Bonchev–Trinajstić information content (AvgIpc) is 2.65. The zero-order chi connectivity index (χ0) is 19.5. The van der Waals surface area contributed by atoms with E-state index >= 15 is 0 Å². The molecule has 0 aromatic heterocycles. The van der Waals surface area contributed by atoms with Crippen molar-refractivity contribution in [1.82, 2.24) is 0 Å². The molecular weight excluding hydrogens is 328 g/mol. The third kappa shape index (κ3) is 15.9. The van der Waals surface area contributed by atoms with Crippen LogP contribution in [0.4, 0.5) is 0 Å². The standard InChI is InChI=1S/C22H38O4/c1-4-6-7-14-17-20(26-21(23)5-2)18-15-12-10-8-9-11-13-16-19-22(24)25-3/h5,12,15,20H,2,4,6-11,13-14,16-19H2,1,3H3/b15-12-. The Morgan fingerprint density at radius 3 is 2.35 bits per heavy atom. The molecule has 0 aromatic carbocycles. The molecule has 0 amide bonds. The van der Waals surface area contributed by atoms with E-state index in [2.05, 4.69) is 30.4 Å². The first kappa shape index (κ1) is 24.4. The molecule has 1 atom stereocenters. The quantitative estimate of drug-likeness (QED) is 0.139. The van der Waals surface area contributed by atoms with Crippen LogP contribution < -0.4 is 0 Å². The Balaban J connectivity index is 3.80. The topological polar surface area (TPSA) is 52.6 Å². The van der Waals surface area contributed by atoms with Gasteiger partial charge in [0.05, 0.1) is 7.11 Å². The molecule has 0 heterocycles. The average molecular weight is 367 g/mol. The highest BCUT2D eigenvalue weighted by Gasteiger charge is 2.10. The van der Waals surface area contributed by atoms with Gasteiger partial charge in [-0.05, 0) is 32.1 Å². The van der Waals surface area contributed by atoms with Crippen molar-refractivity contribution in [2.45, 2.75) is 96.5 Å². The van der Waals surface area contributed by atoms with E-state index < -0.39 is 0 Å². The maximum absolute atomic E-state index is 11.4. The van der Waals surface area contributed by atoms with Crippen molar-refractivity contribution >= 4 is 11.9 Å². The number of methoxy groups -OCH3 is 1. The van der Waals surface area contributed by atoms with Crippen molar-refractivity contribution in [2.75, 3.05) is 7.11 Å². The normalized spacial score (nSPS) is 12.1. The summed E-state index contributed by atoms with van der Waals surface area (Å²) in [6, 6.07) is 0. The Bertz CT molecular complexity index is 401. The molecule has 4 nitrogen and oxygen atoms in total. The van der Waals surface area contributed by atoms with Gasteiger partial charge in [-0.15, -0.1) is 0 Å². The smallest absolute Gasteiger partial charge is 0.330 e. The summed E-state index contributed by atoms with van der Waals surface area (Å²) in [5.41, 5.74) is 0. The van der Waals surface area contributed by atoms with Gasteiger partial charge in [0.15, 0.2) is 0 Å². The van der Waals surface area contributed by atoms with Gasteiger partial charge in [-0.25, -0.2) is 4.79 Å². The third-order valence-corrected chi connectivity index (χ3v) is 4.37. The summed E-state index contributed by atoms with van der Waals surface area (Å²) in [6.07, 6.45) is 19.0. The van der Waals surface area contributed by atoms with Crippen molar-refractivity contribution < 1.29 is 19.1 Å². The van der Waals surface area contributed by atoms with Gasteiger partial charge in [-0.3, -0.25) is 4.79 Å². The van der Waals surface area contributed by atoms with Crippen LogP contribution in [0, 0.1) is 0 Å². The molecule has 0 aromatic rings. The number of allylic oxidation sites excluding steroid dienone is 1. The Kier molecular flexibility index (Phi) is 17.1. The van der Waals surface area contributed by atoms with Crippen LogP contribution in [0.5, 0.6) is 0 Å². The van der Waals surface area contributed by atoms with Crippen LogP contribution in [-0.2, 0) is 19.1 Å². The molecule has 0 radical (unpaired) electrons. The van der Waals surface area contributed by atoms with E-state index in [1.54, 1.807) is 0 Å². The first-order valence-electron chi connectivity index (χ1n) is 10.2. The summed E-state index contributed by atoms with van der Waals surface area (Å²) in [6.45, 7) is 5.66. The maximum Gasteiger partial charge on any atom is 0.330 e. The van der Waals surface area contributed by atoms with Crippen LogP contribution in [0.15, 0.2) is 24.8 Å². The summed E-state index contributed by atoms with van der Waals surface area (Å²) >= 11 is 0. The molecule has 0 aliphatic heterocycles. The molecule has 150 valence electrons. The molecule has 0 N–H and O–H groups in total. The van der Waals surface area contributed by atoms with Crippen molar-refractivity contribution in [3.8, 4) is 0 Å². The van der Waals surface area contributed by atoms with Gasteiger partial charge in [0.1, 0.15) is 6.10 Å². The lowest BCUT2D eigenvalue weighted by Gasteiger charge is -2.15. The van der Waals surface area contributed by atoms with Gasteiger partial charge in [0.2, 0.25) is 0 Å². The molecule has 26 heavy (non-hydrogen) atoms. The van der Waals surface area contributed by atoms with Gasteiger partial charge in [-0.1, -0.05) is 64.2 Å². The van der Waals surface area contributed by atoms with Crippen LogP contribution in [0.2, 0.25) is 0 Å². The van der Waals surface area contributed by atoms with Gasteiger partial charge in [-0.2, -0.15) is 0 Å². The van der Waals surface area contributed by atoms with Gasteiger partial charge in [0.25, 0.3) is 0 Å². The van der Waals surface area contributed by atoms with Crippen LogP contribution >= 0.6 is 0 Å². The number of carbonyl (C=O) groups is 2. The highest BCUT2D eigenvalue weighted by atomic mass is 16.5. The predicted octanol–water partition coefficient (Wildman–Crippen LogP) is 5.90. The van der Waals surface area contributed by atoms with Crippen molar-refractivity contribution in [1.29, 1.82) is 0 Å². The molecule has 0 spiro atoms. The van der Waals surface area contributed by atoms with Crippen LogP contribution in [0.25, 0.3) is 0 Å². The van der Waals surface area contributed by atoms with E-state index in [4.69, 9.17) is 4.74 Å². The van der Waals surface area contributed by atoms with E-state index in [0.717, 1.165) is 51.4 Å². The first-order valence-corrected chi connectivity index (χ1v) is 10.2. The Morgan fingerprint density at radius 1 is 0.962 bits per heavy atom. The largest absolute Gasteiger partial charge is 0.469 e. The van der Waals surface area contributed by atoms with E-state index in [0.29, 0.717) is 6.42 Å². The maximum atomic E-state index is 11.4. The van der Waals surface area contributed by atoms with E-state index in [-0.39, 0.29) is 18.0 Å². The van der Waals surface area contributed by atoms with Gasteiger partial charge < -0.3 is 9.47 Å². The summed E-state index contributed by atoms with van der Waals surface area (Å²) in [5.74, 6) is -0.444. The van der Waals surface area contributed by atoms with Gasteiger partial charge >= 0.3 is 11.9 Å². The Labute approximate surface area is 160 Å². The molecule has 0 rings (SSSR count). The second-order valence-corrected chi connectivity index (χ2v) is 6.70. The minimum Gasteiger partial charge on any atom is -0.469 e. The van der Waals surface area contributed by atoms with Crippen molar-refractivity contribution in [2.24, 2.45) is 0 Å². The highest BCUT2D eigenvalue weighted by Crippen LogP contribution is 2.13. The number of carbonyl (C=O) groups excluding carboxylic acids is 2. The highest BCUT2D eigenvalue weighted by molar-refractivity contribution is 5.81. The third-order valence-electron chi connectivity index (χ3n) is 4.37. The fraction of sp³-hybridized carbons (Fsp3) is 0.727. The number of ether oxygens (including phenoxy) is 2. The lowest BCUT2D eigenvalue weighted by atomic mass is 10.1. The summed E-state index contributed by atoms with van der Waals surface area (Å²) in [4.78, 5) is 22.4. The monoisotopic (exact) mass is 366 g/mol. The summed E-state index contributed by atoms with van der Waals surface area (Å²) in [7, 11) is 1.43. The summed E-state index contributed by atoms with van der Waals surface area (Å²) in [5, 5.41) is 0. The molecule has 4 heteroatoms. The predicted molar refractivity (Wildman–Crippen MR) is 107 cm³/mol. The van der Waals surface area contributed by atoms with E-state index in [1.165, 1.54) is 38.9 Å². The second kappa shape index (κ2) is 18.2. The summed E-state index contributed by atoms with van der Waals surface area (Å²) < 4.78 is 10.1. The number of esters is 2. The molecule has 0 bridgehead atoms. The molecular formula is C22H38O4. The second-order valence-electron chi connectivity index (χ2n) is 6.70.